The maximum atomic E-state index is 12.9. The molecule has 0 spiro atoms. The molecule has 4 heteroatoms. The third-order valence-electron chi connectivity index (χ3n) is 4.30. The van der Waals surface area contributed by atoms with E-state index in [1.807, 2.05) is 81.4 Å². The molecule has 0 saturated carbocycles. The second-order valence-electron chi connectivity index (χ2n) is 6.61. The van der Waals surface area contributed by atoms with Crippen molar-refractivity contribution in [3.05, 3.63) is 95.1 Å². The smallest absolute Gasteiger partial charge is 0.255 e. The minimum Gasteiger partial charge on any atom is -0.341 e. The molecule has 0 aliphatic heterocycles. The number of hydrogen-bond acceptors (Lipinski definition) is 3. The molecule has 3 rings (SSSR count). The Kier molecular flexibility index (Phi) is 5.42. The quantitative estimate of drug-likeness (QED) is 0.744. The molecule has 0 bridgehead atoms. The van der Waals surface area contributed by atoms with Gasteiger partial charge in [0.15, 0.2) is 0 Å². The summed E-state index contributed by atoms with van der Waals surface area (Å²) < 4.78 is 0. The maximum Gasteiger partial charge on any atom is 0.255 e. The third-order valence-corrected chi connectivity index (χ3v) is 4.30. The van der Waals surface area contributed by atoms with Gasteiger partial charge in [0, 0.05) is 12.1 Å². The predicted octanol–water partition coefficient (Wildman–Crippen LogP) is 4.43. The summed E-state index contributed by atoms with van der Waals surface area (Å²) in [6, 6.07) is 19.7. The fraction of sp³-hybridized carbons (Fsp3) is 0.227. The van der Waals surface area contributed by atoms with Crippen LogP contribution in [0.2, 0.25) is 0 Å². The molecular weight excluding hydrogens is 322 g/mol. The zero-order valence-electron chi connectivity index (χ0n) is 15.3. The van der Waals surface area contributed by atoms with Gasteiger partial charge in [0.05, 0.1) is 17.3 Å². The van der Waals surface area contributed by atoms with Gasteiger partial charge in [0.25, 0.3) is 5.91 Å². The van der Waals surface area contributed by atoms with E-state index < -0.39 is 0 Å². The number of carbonyl (C=O) groups excluding carboxylic acids is 1. The lowest BCUT2D eigenvalue weighted by Crippen LogP contribution is -2.30. The van der Waals surface area contributed by atoms with Crippen LogP contribution in [0.5, 0.6) is 0 Å². The van der Waals surface area contributed by atoms with Gasteiger partial charge in [-0.2, -0.15) is 0 Å². The van der Waals surface area contributed by atoms with Crippen molar-refractivity contribution in [2.75, 3.05) is 0 Å². The highest BCUT2D eigenvalue weighted by atomic mass is 16.1. The van der Waals surface area contributed by atoms with Crippen LogP contribution in [0.3, 0.4) is 0 Å². The second-order valence-corrected chi connectivity index (χ2v) is 6.61. The lowest BCUT2D eigenvalue weighted by atomic mass is 9.98. The average Bonchev–Trinajstić information content (AvgIpc) is 2.67. The van der Waals surface area contributed by atoms with Crippen LogP contribution in [0.1, 0.15) is 58.8 Å². The molecule has 26 heavy (non-hydrogen) atoms. The van der Waals surface area contributed by atoms with Gasteiger partial charge < -0.3 is 5.32 Å². The minimum atomic E-state index is -0.228. The Morgan fingerprint density at radius 2 is 1.46 bits per heavy atom. The lowest BCUT2D eigenvalue weighted by Gasteiger charge is -2.20. The first-order valence-electron chi connectivity index (χ1n) is 8.80. The summed E-state index contributed by atoms with van der Waals surface area (Å²) in [7, 11) is 0. The summed E-state index contributed by atoms with van der Waals surface area (Å²) in [4.78, 5) is 21.7. The van der Waals surface area contributed by atoms with E-state index in [0.29, 0.717) is 11.3 Å². The summed E-state index contributed by atoms with van der Waals surface area (Å²) in [6.45, 7) is 5.92. The van der Waals surface area contributed by atoms with Gasteiger partial charge in [0.1, 0.15) is 5.82 Å². The Bertz CT molecular complexity index is 837. The molecule has 4 nitrogen and oxygen atoms in total. The molecule has 0 atom stereocenters. The van der Waals surface area contributed by atoms with E-state index in [1.165, 1.54) is 0 Å². The maximum absolute atomic E-state index is 12.9. The highest BCUT2D eigenvalue weighted by molar-refractivity contribution is 5.95. The van der Waals surface area contributed by atoms with E-state index in [1.54, 1.807) is 6.20 Å². The van der Waals surface area contributed by atoms with Crippen LogP contribution in [-0.2, 0) is 0 Å². The first-order valence-corrected chi connectivity index (χ1v) is 8.80. The van der Waals surface area contributed by atoms with Crippen LogP contribution in [0.15, 0.2) is 66.9 Å². The van der Waals surface area contributed by atoms with E-state index in [0.717, 1.165) is 17.0 Å². The van der Waals surface area contributed by atoms with Crippen molar-refractivity contribution in [1.82, 2.24) is 15.3 Å². The van der Waals surface area contributed by atoms with Crippen molar-refractivity contribution < 1.29 is 4.79 Å². The monoisotopic (exact) mass is 345 g/mol. The number of rotatable bonds is 5. The molecule has 0 saturated heterocycles. The van der Waals surface area contributed by atoms with Crippen molar-refractivity contribution in [3.8, 4) is 0 Å². The lowest BCUT2D eigenvalue weighted by molar-refractivity contribution is 0.0941. The van der Waals surface area contributed by atoms with Gasteiger partial charge >= 0.3 is 0 Å². The summed E-state index contributed by atoms with van der Waals surface area (Å²) in [5, 5.41) is 3.14. The van der Waals surface area contributed by atoms with Crippen molar-refractivity contribution in [1.29, 1.82) is 0 Å². The molecule has 0 aliphatic rings. The fourth-order valence-electron chi connectivity index (χ4n) is 2.85. The van der Waals surface area contributed by atoms with Crippen LogP contribution in [0, 0.1) is 6.92 Å². The Hall–Kier alpha value is -3.01. The first kappa shape index (κ1) is 17.8. The second kappa shape index (κ2) is 7.91. The molecule has 2 aromatic carbocycles. The van der Waals surface area contributed by atoms with Crippen molar-refractivity contribution in [2.24, 2.45) is 0 Å². The summed E-state index contributed by atoms with van der Waals surface area (Å²) in [5.74, 6) is 0.810. The Balaban J connectivity index is 1.91. The molecule has 1 heterocycles. The molecular formula is C22H23N3O. The van der Waals surface area contributed by atoms with Gasteiger partial charge in [0.2, 0.25) is 0 Å². The van der Waals surface area contributed by atoms with Crippen molar-refractivity contribution in [2.45, 2.75) is 32.7 Å². The van der Waals surface area contributed by atoms with E-state index in [-0.39, 0.29) is 17.9 Å². The molecule has 0 radical (unpaired) electrons. The predicted molar refractivity (Wildman–Crippen MR) is 103 cm³/mol. The van der Waals surface area contributed by atoms with Crippen LogP contribution < -0.4 is 5.32 Å². The zero-order chi connectivity index (χ0) is 18.5. The Morgan fingerprint density at radius 1 is 0.923 bits per heavy atom. The van der Waals surface area contributed by atoms with Gasteiger partial charge in [-0.1, -0.05) is 74.5 Å². The highest BCUT2D eigenvalue weighted by Crippen LogP contribution is 2.22. The van der Waals surface area contributed by atoms with Crippen LogP contribution in [-0.4, -0.2) is 15.9 Å². The minimum absolute atomic E-state index is 0.171. The number of benzene rings is 2. The molecule has 1 N–H and O–H groups in total. The molecule has 3 aromatic rings. The van der Waals surface area contributed by atoms with Gasteiger partial charge in [-0.3, -0.25) is 4.79 Å². The number of carbonyl (C=O) groups is 1. The SMILES string of the molecule is Cc1nc(C(C)C)ncc1C(=O)NC(c1ccccc1)c1ccccc1. The number of amides is 1. The largest absolute Gasteiger partial charge is 0.341 e. The number of aryl methyl sites for hydroxylation is 1. The highest BCUT2D eigenvalue weighted by Gasteiger charge is 2.20. The number of nitrogens with zero attached hydrogens (tertiary/aromatic N) is 2. The average molecular weight is 345 g/mol. The summed E-state index contributed by atoms with van der Waals surface area (Å²) in [6.07, 6.45) is 1.63. The standard InChI is InChI=1S/C22H23N3O/c1-15(2)21-23-14-19(16(3)24-21)22(26)25-20(17-10-6-4-7-11-17)18-12-8-5-9-13-18/h4-15,20H,1-3H3,(H,25,26). The molecule has 1 amide bonds. The van der Waals surface area contributed by atoms with Gasteiger partial charge in [-0.25, -0.2) is 9.97 Å². The van der Waals surface area contributed by atoms with Crippen LogP contribution in [0.25, 0.3) is 0 Å². The number of hydrogen-bond donors (Lipinski definition) is 1. The normalized spacial score (nSPS) is 11.0. The number of nitrogens with one attached hydrogen (secondary N) is 1. The molecule has 0 fully saturated rings. The first-order chi connectivity index (χ1) is 12.6. The summed E-state index contributed by atoms with van der Waals surface area (Å²) >= 11 is 0. The Labute approximate surface area is 154 Å². The van der Waals surface area contributed by atoms with E-state index in [4.69, 9.17) is 0 Å². The molecule has 0 unspecified atom stereocenters. The van der Waals surface area contributed by atoms with Crippen molar-refractivity contribution >= 4 is 5.91 Å². The zero-order valence-corrected chi connectivity index (χ0v) is 15.3. The van der Waals surface area contributed by atoms with Crippen molar-refractivity contribution in [3.63, 3.8) is 0 Å². The van der Waals surface area contributed by atoms with E-state index >= 15 is 0 Å². The fourth-order valence-corrected chi connectivity index (χ4v) is 2.85. The van der Waals surface area contributed by atoms with Gasteiger partial charge in [-0.15, -0.1) is 0 Å². The molecule has 132 valence electrons. The Morgan fingerprint density at radius 3 is 1.92 bits per heavy atom. The summed E-state index contributed by atoms with van der Waals surface area (Å²) in [5.41, 5.74) is 3.26. The van der Waals surface area contributed by atoms with Crippen LogP contribution >= 0.6 is 0 Å². The van der Waals surface area contributed by atoms with Crippen LogP contribution in [0.4, 0.5) is 0 Å². The third kappa shape index (κ3) is 3.97. The molecule has 1 aromatic heterocycles. The topological polar surface area (TPSA) is 54.9 Å². The number of aromatic nitrogens is 2. The van der Waals surface area contributed by atoms with E-state index in [9.17, 15) is 4.79 Å². The van der Waals surface area contributed by atoms with Gasteiger partial charge in [-0.05, 0) is 18.1 Å². The molecule has 0 aliphatic carbocycles. The van der Waals surface area contributed by atoms with E-state index in [2.05, 4.69) is 15.3 Å².